The third kappa shape index (κ3) is 2.32. The van der Waals surface area contributed by atoms with Crippen LogP contribution in [-0.4, -0.2) is 12.8 Å². The van der Waals surface area contributed by atoms with Crippen LogP contribution < -0.4 is 4.74 Å². The van der Waals surface area contributed by atoms with Crippen LogP contribution in [0.1, 0.15) is 26.3 Å². The molecule has 0 radical (unpaired) electrons. The van der Waals surface area contributed by atoms with Crippen LogP contribution in [0.15, 0.2) is 36.4 Å². The van der Waals surface area contributed by atoms with Crippen molar-refractivity contribution in [2.45, 2.75) is 20.8 Å². The zero-order valence-electron chi connectivity index (χ0n) is 10.4. The Morgan fingerprint density at radius 2 is 1.75 bits per heavy atom. The van der Waals surface area contributed by atoms with Crippen molar-refractivity contribution in [2.24, 2.45) is 5.41 Å². The summed E-state index contributed by atoms with van der Waals surface area (Å²) in [6.07, 6.45) is 0. The minimum Gasteiger partial charge on any atom is -0.497 e. The molecule has 0 bridgehead atoms. The van der Waals surface area contributed by atoms with Crippen LogP contribution in [0.2, 0.25) is 0 Å². The highest BCUT2D eigenvalue weighted by atomic mass is 16.5. The lowest BCUT2D eigenvalue weighted by molar-refractivity contribution is 0.415. The highest BCUT2D eigenvalue weighted by Crippen LogP contribution is 2.29. The quantitative estimate of drug-likeness (QED) is 0.606. The van der Waals surface area contributed by atoms with Crippen molar-refractivity contribution in [1.29, 1.82) is 5.41 Å². The summed E-state index contributed by atoms with van der Waals surface area (Å²) >= 11 is 0. The molecule has 1 aromatic rings. The molecular weight excluding hydrogens is 198 g/mol. The smallest absolute Gasteiger partial charge is 0.118 e. The summed E-state index contributed by atoms with van der Waals surface area (Å²) in [6, 6.07) is 7.56. The Balaban J connectivity index is 3.01. The first-order chi connectivity index (χ1) is 7.39. The molecule has 1 rings (SSSR count). The standard InChI is InChI=1S/C14H19NO/c1-10(2)14(3,4)13(15)11-6-8-12(16-5)9-7-11/h6-9,15H,1H2,2-5H3. The number of methoxy groups -OCH3 is 1. The van der Waals surface area contributed by atoms with E-state index in [1.807, 2.05) is 45.0 Å². The molecular formula is C14H19NO. The van der Waals surface area contributed by atoms with Gasteiger partial charge in [0, 0.05) is 11.1 Å². The van der Waals surface area contributed by atoms with Crippen LogP contribution in [0.4, 0.5) is 0 Å². The highest BCUT2D eigenvalue weighted by Gasteiger charge is 2.25. The molecule has 16 heavy (non-hydrogen) atoms. The minimum absolute atomic E-state index is 0.297. The molecule has 2 heteroatoms. The first-order valence-electron chi connectivity index (χ1n) is 5.29. The number of hydrogen-bond acceptors (Lipinski definition) is 2. The third-order valence-corrected chi connectivity index (χ3v) is 3.07. The Hall–Kier alpha value is -1.57. The number of ether oxygens (including phenoxy) is 1. The van der Waals surface area contributed by atoms with Gasteiger partial charge < -0.3 is 10.1 Å². The molecule has 0 aliphatic heterocycles. The van der Waals surface area contributed by atoms with E-state index in [9.17, 15) is 0 Å². The number of nitrogens with one attached hydrogen (secondary N) is 1. The normalized spacial score (nSPS) is 11.0. The van der Waals surface area contributed by atoms with Gasteiger partial charge in [0.1, 0.15) is 5.75 Å². The summed E-state index contributed by atoms with van der Waals surface area (Å²) < 4.78 is 5.09. The molecule has 0 saturated heterocycles. The molecule has 0 fully saturated rings. The Morgan fingerprint density at radius 3 is 2.12 bits per heavy atom. The lowest BCUT2D eigenvalue weighted by Crippen LogP contribution is -2.25. The van der Waals surface area contributed by atoms with E-state index in [0.717, 1.165) is 16.9 Å². The van der Waals surface area contributed by atoms with Gasteiger partial charge in [0.2, 0.25) is 0 Å². The Labute approximate surface area is 97.5 Å². The fourth-order valence-electron chi connectivity index (χ4n) is 1.33. The van der Waals surface area contributed by atoms with Crippen LogP contribution >= 0.6 is 0 Å². The second-order valence-corrected chi connectivity index (χ2v) is 4.51. The number of allylic oxidation sites excluding steroid dienone is 1. The summed E-state index contributed by atoms with van der Waals surface area (Å²) in [5.41, 5.74) is 2.19. The van der Waals surface area contributed by atoms with Crippen molar-refractivity contribution in [3.63, 3.8) is 0 Å². The maximum Gasteiger partial charge on any atom is 0.118 e. The molecule has 0 unspecified atom stereocenters. The van der Waals surface area contributed by atoms with E-state index in [0.29, 0.717) is 5.71 Å². The van der Waals surface area contributed by atoms with Crippen LogP contribution in [0.25, 0.3) is 0 Å². The first kappa shape index (κ1) is 12.5. The van der Waals surface area contributed by atoms with Gasteiger partial charge in [-0.2, -0.15) is 0 Å². The van der Waals surface area contributed by atoms with Gasteiger partial charge >= 0.3 is 0 Å². The zero-order chi connectivity index (χ0) is 12.3. The second-order valence-electron chi connectivity index (χ2n) is 4.51. The molecule has 0 aromatic heterocycles. The fourth-order valence-corrected chi connectivity index (χ4v) is 1.33. The molecule has 0 heterocycles. The van der Waals surface area contributed by atoms with Gasteiger partial charge in [-0.3, -0.25) is 0 Å². The monoisotopic (exact) mass is 217 g/mol. The van der Waals surface area contributed by atoms with E-state index < -0.39 is 0 Å². The van der Waals surface area contributed by atoms with E-state index in [1.165, 1.54) is 0 Å². The number of benzene rings is 1. The van der Waals surface area contributed by atoms with Gasteiger partial charge in [-0.05, 0) is 36.8 Å². The van der Waals surface area contributed by atoms with Gasteiger partial charge in [0.05, 0.1) is 7.11 Å². The molecule has 0 saturated carbocycles. The topological polar surface area (TPSA) is 33.1 Å². The van der Waals surface area contributed by atoms with E-state index in [1.54, 1.807) is 7.11 Å². The predicted molar refractivity (Wildman–Crippen MR) is 68.4 cm³/mol. The molecule has 0 aliphatic carbocycles. The summed E-state index contributed by atoms with van der Waals surface area (Å²) in [4.78, 5) is 0. The Bertz CT molecular complexity index is 401. The summed E-state index contributed by atoms with van der Waals surface area (Å²) in [6.45, 7) is 9.93. The number of rotatable bonds is 4. The second kappa shape index (κ2) is 4.52. The lowest BCUT2D eigenvalue weighted by Gasteiger charge is -2.26. The predicted octanol–water partition coefficient (Wildman–Crippen LogP) is 3.67. The van der Waals surface area contributed by atoms with Gasteiger partial charge in [0.25, 0.3) is 0 Å². The summed E-state index contributed by atoms with van der Waals surface area (Å²) in [7, 11) is 1.64. The van der Waals surface area contributed by atoms with E-state index in [4.69, 9.17) is 10.1 Å². The average molecular weight is 217 g/mol. The molecule has 0 aliphatic rings. The largest absolute Gasteiger partial charge is 0.497 e. The fraction of sp³-hybridized carbons (Fsp3) is 0.357. The molecule has 1 N–H and O–H groups in total. The molecule has 86 valence electrons. The lowest BCUT2D eigenvalue weighted by atomic mass is 9.78. The molecule has 0 spiro atoms. The molecule has 0 amide bonds. The van der Waals surface area contributed by atoms with Crippen LogP contribution in [0.5, 0.6) is 5.75 Å². The maximum absolute atomic E-state index is 8.19. The van der Waals surface area contributed by atoms with Gasteiger partial charge in [0.15, 0.2) is 0 Å². The SMILES string of the molecule is C=C(C)C(C)(C)C(=N)c1ccc(OC)cc1. The maximum atomic E-state index is 8.19. The van der Waals surface area contributed by atoms with Gasteiger partial charge in [-0.1, -0.05) is 26.0 Å². The van der Waals surface area contributed by atoms with Gasteiger partial charge in [-0.25, -0.2) is 0 Å². The van der Waals surface area contributed by atoms with Crippen molar-refractivity contribution in [3.05, 3.63) is 42.0 Å². The van der Waals surface area contributed by atoms with Crippen LogP contribution in [-0.2, 0) is 0 Å². The highest BCUT2D eigenvalue weighted by molar-refractivity contribution is 6.03. The summed E-state index contributed by atoms with van der Waals surface area (Å²) in [5, 5.41) is 8.19. The van der Waals surface area contributed by atoms with Crippen molar-refractivity contribution in [1.82, 2.24) is 0 Å². The summed E-state index contributed by atoms with van der Waals surface area (Å²) in [5.74, 6) is 0.810. The molecule has 0 atom stereocenters. The Kier molecular flexibility index (Phi) is 3.53. The van der Waals surface area contributed by atoms with E-state index in [-0.39, 0.29) is 5.41 Å². The van der Waals surface area contributed by atoms with Crippen molar-refractivity contribution >= 4 is 5.71 Å². The van der Waals surface area contributed by atoms with Crippen molar-refractivity contribution < 1.29 is 4.74 Å². The number of hydrogen-bond donors (Lipinski definition) is 1. The van der Waals surface area contributed by atoms with E-state index >= 15 is 0 Å². The Morgan fingerprint density at radius 1 is 1.25 bits per heavy atom. The molecule has 1 aromatic carbocycles. The minimum atomic E-state index is -0.297. The van der Waals surface area contributed by atoms with Crippen molar-refractivity contribution in [3.8, 4) is 5.75 Å². The zero-order valence-corrected chi connectivity index (χ0v) is 10.4. The molecule has 2 nitrogen and oxygen atoms in total. The van der Waals surface area contributed by atoms with Crippen LogP contribution in [0, 0.1) is 10.8 Å². The van der Waals surface area contributed by atoms with Gasteiger partial charge in [-0.15, -0.1) is 0 Å². The first-order valence-corrected chi connectivity index (χ1v) is 5.29. The third-order valence-electron chi connectivity index (χ3n) is 3.07. The van der Waals surface area contributed by atoms with E-state index in [2.05, 4.69) is 6.58 Å². The van der Waals surface area contributed by atoms with Crippen molar-refractivity contribution in [2.75, 3.05) is 7.11 Å². The average Bonchev–Trinajstić information content (AvgIpc) is 2.28. The van der Waals surface area contributed by atoms with Crippen LogP contribution in [0.3, 0.4) is 0 Å².